The Balaban J connectivity index is 2.16. The van der Waals surface area contributed by atoms with E-state index in [1.165, 1.54) is 41.7 Å². The van der Waals surface area contributed by atoms with Crippen molar-refractivity contribution < 1.29 is 18.1 Å². The lowest BCUT2D eigenvalue weighted by Crippen LogP contribution is -2.15. The molecule has 0 aliphatic heterocycles. The lowest BCUT2D eigenvalue weighted by molar-refractivity contribution is -0.384. The van der Waals surface area contributed by atoms with Gasteiger partial charge in [0.05, 0.1) is 25.6 Å². The minimum Gasteiger partial charge on any atom is -0.319 e. The molecule has 0 saturated carbocycles. The number of nitro benzene ring substituents is 1. The molecule has 0 atom stereocenters. The van der Waals surface area contributed by atoms with Crippen molar-refractivity contribution in [2.45, 2.75) is 4.90 Å². The first-order valence-corrected chi connectivity index (χ1v) is 10.0. The number of hydrogen-bond acceptors (Lipinski definition) is 6. The average molecular weight is 391 g/mol. The van der Waals surface area contributed by atoms with E-state index < -0.39 is 20.7 Å². The number of sulfone groups is 1. The van der Waals surface area contributed by atoms with Crippen molar-refractivity contribution in [1.29, 1.82) is 0 Å². The summed E-state index contributed by atoms with van der Waals surface area (Å²) in [5, 5.41) is 10.9. The summed E-state index contributed by atoms with van der Waals surface area (Å²) in [6.07, 6.45) is 1.03. The highest BCUT2D eigenvalue weighted by molar-refractivity contribution is 7.90. The van der Waals surface area contributed by atoms with E-state index in [4.69, 9.17) is 0 Å². The molecule has 3 aromatic rings. The molecule has 134 valence electrons. The number of rotatable bonds is 3. The van der Waals surface area contributed by atoms with Crippen LogP contribution in [0.2, 0.25) is 0 Å². The SMILES string of the molecule is Cn1c(=NC(=O)c2ccccc2S(C)(=O)=O)sc2ccc([N+](=O)[O-])cc21. The molecule has 26 heavy (non-hydrogen) atoms. The van der Waals surface area contributed by atoms with E-state index in [0.29, 0.717) is 10.3 Å². The average Bonchev–Trinajstić information content (AvgIpc) is 2.89. The van der Waals surface area contributed by atoms with E-state index in [0.717, 1.165) is 11.0 Å². The summed E-state index contributed by atoms with van der Waals surface area (Å²) in [4.78, 5) is 27.2. The number of thiazole rings is 1. The molecule has 0 saturated heterocycles. The van der Waals surface area contributed by atoms with Gasteiger partial charge in [0.2, 0.25) is 0 Å². The molecule has 0 unspecified atom stereocenters. The molecule has 0 N–H and O–H groups in total. The molecule has 1 amide bonds. The fourth-order valence-corrected chi connectivity index (χ4v) is 4.33. The van der Waals surface area contributed by atoms with Crippen LogP contribution >= 0.6 is 11.3 Å². The van der Waals surface area contributed by atoms with Crippen LogP contribution in [0.4, 0.5) is 5.69 Å². The fraction of sp³-hybridized carbons (Fsp3) is 0.125. The minimum absolute atomic E-state index is 0.0153. The van der Waals surface area contributed by atoms with Crippen molar-refractivity contribution in [2.75, 3.05) is 6.26 Å². The molecule has 8 nitrogen and oxygen atoms in total. The Bertz CT molecular complexity index is 1220. The van der Waals surface area contributed by atoms with Gasteiger partial charge in [-0.2, -0.15) is 4.99 Å². The van der Waals surface area contributed by atoms with Gasteiger partial charge in [-0.05, 0) is 18.2 Å². The molecule has 0 fully saturated rings. The fourth-order valence-electron chi connectivity index (χ4n) is 2.45. The molecular formula is C16H13N3O5S2. The zero-order valence-electron chi connectivity index (χ0n) is 13.7. The number of aromatic nitrogens is 1. The number of non-ortho nitro benzene ring substituents is 1. The predicted molar refractivity (Wildman–Crippen MR) is 96.9 cm³/mol. The third-order valence-corrected chi connectivity index (χ3v) is 5.98. The van der Waals surface area contributed by atoms with Crippen LogP contribution in [0.1, 0.15) is 10.4 Å². The van der Waals surface area contributed by atoms with Crippen LogP contribution in [0, 0.1) is 10.1 Å². The Kier molecular flexibility index (Phi) is 4.46. The van der Waals surface area contributed by atoms with Gasteiger partial charge < -0.3 is 4.57 Å². The number of amides is 1. The summed E-state index contributed by atoms with van der Waals surface area (Å²) in [6, 6.07) is 10.2. The van der Waals surface area contributed by atoms with Gasteiger partial charge in [0, 0.05) is 25.4 Å². The van der Waals surface area contributed by atoms with Crippen LogP contribution in [0.3, 0.4) is 0 Å². The molecule has 0 aliphatic rings. The highest BCUT2D eigenvalue weighted by atomic mass is 32.2. The Labute approximate surface area is 152 Å². The van der Waals surface area contributed by atoms with Gasteiger partial charge in [-0.15, -0.1) is 0 Å². The highest BCUT2D eigenvalue weighted by Gasteiger charge is 2.18. The molecule has 0 aliphatic carbocycles. The van der Waals surface area contributed by atoms with Gasteiger partial charge in [-0.1, -0.05) is 23.5 Å². The topological polar surface area (TPSA) is 112 Å². The molecule has 1 aromatic heterocycles. The summed E-state index contributed by atoms with van der Waals surface area (Å²) >= 11 is 1.18. The summed E-state index contributed by atoms with van der Waals surface area (Å²) < 4.78 is 26.0. The van der Waals surface area contributed by atoms with E-state index in [1.807, 2.05) is 0 Å². The van der Waals surface area contributed by atoms with Crippen molar-refractivity contribution in [3.05, 3.63) is 62.9 Å². The molecule has 0 radical (unpaired) electrons. The molecule has 2 aromatic carbocycles. The van der Waals surface area contributed by atoms with E-state index in [1.54, 1.807) is 23.7 Å². The largest absolute Gasteiger partial charge is 0.319 e. The van der Waals surface area contributed by atoms with Crippen LogP contribution in [0.15, 0.2) is 52.4 Å². The lowest BCUT2D eigenvalue weighted by Gasteiger charge is -2.03. The zero-order valence-corrected chi connectivity index (χ0v) is 15.4. The maximum atomic E-state index is 12.5. The first kappa shape index (κ1) is 18.0. The summed E-state index contributed by atoms with van der Waals surface area (Å²) in [7, 11) is -1.94. The van der Waals surface area contributed by atoms with Crippen LogP contribution < -0.4 is 4.80 Å². The summed E-state index contributed by atoms with van der Waals surface area (Å²) in [6.45, 7) is 0. The number of aryl methyl sites for hydroxylation is 1. The van der Waals surface area contributed by atoms with Crippen molar-refractivity contribution >= 4 is 43.0 Å². The quantitative estimate of drug-likeness (QED) is 0.502. The monoisotopic (exact) mass is 391 g/mol. The van der Waals surface area contributed by atoms with Crippen molar-refractivity contribution in [1.82, 2.24) is 4.57 Å². The van der Waals surface area contributed by atoms with E-state index >= 15 is 0 Å². The van der Waals surface area contributed by atoms with E-state index in [2.05, 4.69) is 4.99 Å². The second-order valence-corrected chi connectivity index (χ2v) is 8.53. The maximum absolute atomic E-state index is 12.5. The third-order valence-electron chi connectivity index (χ3n) is 3.72. The number of fused-ring (bicyclic) bond motifs is 1. The van der Waals surface area contributed by atoms with Gasteiger partial charge in [0.1, 0.15) is 0 Å². The van der Waals surface area contributed by atoms with Gasteiger partial charge in [0.25, 0.3) is 11.6 Å². The number of nitro groups is 1. The Morgan fingerprint density at radius 3 is 2.58 bits per heavy atom. The summed E-state index contributed by atoms with van der Waals surface area (Å²) in [5.74, 6) is -0.692. The maximum Gasteiger partial charge on any atom is 0.280 e. The van der Waals surface area contributed by atoms with Crippen molar-refractivity contribution in [2.24, 2.45) is 12.0 Å². The second-order valence-electron chi connectivity index (χ2n) is 5.54. The predicted octanol–water partition coefficient (Wildman–Crippen LogP) is 2.29. The number of nitrogens with zero attached hydrogens (tertiary/aromatic N) is 3. The van der Waals surface area contributed by atoms with Gasteiger partial charge in [0.15, 0.2) is 14.6 Å². The smallest absolute Gasteiger partial charge is 0.280 e. The normalized spacial score (nSPS) is 12.5. The first-order chi connectivity index (χ1) is 12.2. The Hall–Kier alpha value is -2.85. The lowest BCUT2D eigenvalue weighted by atomic mass is 10.2. The molecule has 10 heteroatoms. The third kappa shape index (κ3) is 3.28. The number of carbonyl (C=O) groups excluding carboxylic acids is 1. The van der Waals surface area contributed by atoms with Crippen molar-refractivity contribution in [3.8, 4) is 0 Å². The van der Waals surface area contributed by atoms with Crippen LogP contribution in [0.25, 0.3) is 10.2 Å². The van der Waals surface area contributed by atoms with Crippen LogP contribution in [0.5, 0.6) is 0 Å². The molecule has 3 rings (SSSR count). The molecule has 0 bridgehead atoms. The standard InChI is InChI=1S/C16H13N3O5S2/c1-18-12-9-10(19(21)22)7-8-13(12)25-16(18)17-15(20)11-5-3-4-6-14(11)26(2,23)24/h3-9H,1-2H3. The van der Waals surface area contributed by atoms with Crippen LogP contribution in [-0.2, 0) is 16.9 Å². The minimum atomic E-state index is -3.58. The van der Waals surface area contributed by atoms with Crippen molar-refractivity contribution in [3.63, 3.8) is 0 Å². The first-order valence-electron chi connectivity index (χ1n) is 7.30. The number of carbonyl (C=O) groups is 1. The van der Waals surface area contributed by atoms with Gasteiger partial charge >= 0.3 is 0 Å². The Morgan fingerprint density at radius 2 is 1.92 bits per heavy atom. The van der Waals surface area contributed by atoms with Crippen LogP contribution in [-0.4, -0.2) is 30.1 Å². The molecule has 0 spiro atoms. The molecular weight excluding hydrogens is 378 g/mol. The van der Waals surface area contributed by atoms with E-state index in [-0.39, 0.29) is 16.1 Å². The van der Waals surface area contributed by atoms with E-state index in [9.17, 15) is 23.3 Å². The van der Waals surface area contributed by atoms with Gasteiger partial charge in [-0.25, -0.2) is 8.42 Å². The Morgan fingerprint density at radius 1 is 1.23 bits per heavy atom. The number of benzene rings is 2. The summed E-state index contributed by atoms with van der Waals surface area (Å²) in [5.41, 5.74) is 0.483. The number of hydrogen-bond donors (Lipinski definition) is 0. The second kappa shape index (κ2) is 6.46. The zero-order chi connectivity index (χ0) is 19.1. The van der Waals surface area contributed by atoms with Gasteiger partial charge in [-0.3, -0.25) is 14.9 Å². The molecule has 1 heterocycles. The highest BCUT2D eigenvalue weighted by Crippen LogP contribution is 2.22.